The number of aryl methyl sites for hydroxylation is 1. The maximum atomic E-state index is 13.5. The number of rotatable bonds is 3. The monoisotopic (exact) mass is 451 g/mol. The Morgan fingerprint density at radius 1 is 1.08 bits per heavy atom. The molecule has 0 saturated heterocycles. The SMILES string of the molecule is Cc1cc(C(C=C(c2cc(Cl)cc(Cl)c2)C(F)(F)F)=NO)ccc1Br. The maximum absolute atomic E-state index is 13.5. The van der Waals surface area contributed by atoms with Gasteiger partial charge in [0.15, 0.2) is 0 Å². The summed E-state index contributed by atoms with van der Waals surface area (Å²) in [5.41, 5.74) is -0.367. The first kappa shape index (κ1) is 19.8. The molecule has 2 rings (SSSR count). The molecule has 2 nitrogen and oxygen atoms in total. The molecule has 0 aliphatic heterocycles. The predicted molar refractivity (Wildman–Crippen MR) is 97.7 cm³/mol. The normalized spacial score (nSPS) is 13.2. The molecule has 0 amide bonds. The van der Waals surface area contributed by atoms with Gasteiger partial charge in [-0.3, -0.25) is 0 Å². The minimum absolute atomic E-state index is 0.0691. The highest BCUT2D eigenvalue weighted by Crippen LogP contribution is 2.36. The minimum atomic E-state index is -4.70. The molecule has 0 saturated carbocycles. The Morgan fingerprint density at radius 2 is 1.68 bits per heavy atom. The van der Waals surface area contributed by atoms with Crippen LogP contribution in [0.15, 0.2) is 52.1 Å². The van der Waals surface area contributed by atoms with E-state index in [0.717, 1.165) is 28.2 Å². The Labute approximate surface area is 160 Å². The molecule has 0 aliphatic rings. The minimum Gasteiger partial charge on any atom is -0.410 e. The van der Waals surface area contributed by atoms with Gasteiger partial charge in [-0.25, -0.2) is 0 Å². The van der Waals surface area contributed by atoms with Gasteiger partial charge in [-0.2, -0.15) is 13.2 Å². The quantitative estimate of drug-likeness (QED) is 0.307. The fourth-order valence-electron chi connectivity index (χ4n) is 2.15. The van der Waals surface area contributed by atoms with Crippen molar-refractivity contribution in [1.82, 2.24) is 0 Å². The molecule has 0 bridgehead atoms. The summed E-state index contributed by atoms with van der Waals surface area (Å²) >= 11 is 14.9. The second-order valence-corrected chi connectivity index (χ2v) is 6.89. The van der Waals surface area contributed by atoms with Gasteiger partial charge in [0.05, 0.1) is 5.57 Å². The highest BCUT2D eigenvalue weighted by atomic mass is 79.9. The molecule has 0 spiro atoms. The summed E-state index contributed by atoms with van der Waals surface area (Å²) in [5, 5.41) is 12.4. The molecular formula is C17H11BrCl2F3NO. The van der Waals surface area contributed by atoms with Crippen molar-refractivity contribution in [2.45, 2.75) is 13.1 Å². The van der Waals surface area contributed by atoms with Gasteiger partial charge < -0.3 is 5.21 Å². The Morgan fingerprint density at radius 3 is 2.16 bits per heavy atom. The number of oxime groups is 1. The van der Waals surface area contributed by atoms with Crippen LogP contribution in [0, 0.1) is 6.92 Å². The molecule has 0 radical (unpaired) electrons. The smallest absolute Gasteiger partial charge is 0.410 e. The van der Waals surface area contributed by atoms with E-state index in [4.69, 9.17) is 23.2 Å². The second-order valence-electron chi connectivity index (χ2n) is 5.16. The fraction of sp³-hybridized carbons (Fsp3) is 0.118. The standard InChI is InChI=1S/C17H11BrCl2F3NO/c1-9-4-10(2-3-15(9)18)16(24-25)8-14(17(21,22)23)11-5-12(19)7-13(20)6-11/h2-8,25H,1H3. The van der Waals surface area contributed by atoms with Crippen LogP contribution in [-0.2, 0) is 0 Å². The summed E-state index contributed by atoms with van der Waals surface area (Å²) in [6.07, 6.45) is -3.95. The highest BCUT2D eigenvalue weighted by Gasteiger charge is 2.35. The third kappa shape index (κ3) is 5.00. The third-order valence-electron chi connectivity index (χ3n) is 3.32. The third-order valence-corrected chi connectivity index (χ3v) is 4.65. The van der Waals surface area contributed by atoms with Crippen molar-refractivity contribution in [3.63, 3.8) is 0 Å². The lowest BCUT2D eigenvalue weighted by Gasteiger charge is -2.14. The van der Waals surface area contributed by atoms with Crippen molar-refractivity contribution >= 4 is 50.4 Å². The molecular weight excluding hydrogens is 442 g/mol. The van der Waals surface area contributed by atoms with E-state index in [0.29, 0.717) is 5.56 Å². The first-order valence-corrected chi connectivity index (χ1v) is 8.40. The Hall–Kier alpha value is -1.50. The number of hydrogen-bond donors (Lipinski definition) is 1. The Balaban J connectivity index is 2.61. The average Bonchev–Trinajstić information content (AvgIpc) is 2.49. The topological polar surface area (TPSA) is 32.6 Å². The number of benzene rings is 2. The van der Waals surface area contributed by atoms with Gasteiger partial charge in [0, 0.05) is 20.1 Å². The van der Waals surface area contributed by atoms with E-state index < -0.39 is 11.7 Å². The number of hydrogen-bond acceptors (Lipinski definition) is 2. The zero-order chi connectivity index (χ0) is 18.8. The molecule has 0 heterocycles. The number of halogens is 6. The van der Waals surface area contributed by atoms with Crippen molar-refractivity contribution in [3.05, 3.63) is 73.7 Å². The number of alkyl halides is 3. The van der Waals surface area contributed by atoms with E-state index in [-0.39, 0.29) is 21.3 Å². The summed E-state index contributed by atoms with van der Waals surface area (Å²) in [5.74, 6) is 0. The molecule has 25 heavy (non-hydrogen) atoms. The molecule has 1 N–H and O–H groups in total. The lowest BCUT2D eigenvalue weighted by molar-refractivity contribution is -0.0688. The lowest BCUT2D eigenvalue weighted by Crippen LogP contribution is -2.13. The van der Waals surface area contributed by atoms with Crippen LogP contribution in [0.1, 0.15) is 16.7 Å². The summed E-state index contributed by atoms with van der Waals surface area (Å²) in [7, 11) is 0. The highest BCUT2D eigenvalue weighted by molar-refractivity contribution is 9.10. The van der Waals surface area contributed by atoms with Gasteiger partial charge in [0.1, 0.15) is 5.71 Å². The van der Waals surface area contributed by atoms with E-state index in [1.807, 2.05) is 0 Å². The van der Waals surface area contributed by atoms with Gasteiger partial charge in [0.25, 0.3) is 0 Å². The molecule has 132 valence electrons. The van der Waals surface area contributed by atoms with Crippen molar-refractivity contribution in [2.24, 2.45) is 5.16 Å². The molecule has 2 aromatic rings. The molecule has 0 fully saturated rings. The predicted octanol–water partition coefficient (Wildman–Crippen LogP) is 6.89. The second kappa shape index (κ2) is 7.81. The molecule has 8 heteroatoms. The number of nitrogens with zero attached hydrogens (tertiary/aromatic N) is 1. The van der Waals surface area contributed by atoms with Crippen LogP contribution < -0.4 is 0 Å². The van der Waals surface area contributed by atoms with Crippen LogP contribution >= 0.6 is 39.1 Å². The molecule has 0 atom stereocenters. The molecule has 0 unspecified atom stereocenters. The zero-order valence-corrected chi connectivity index (χ0v) is 15.8. The van der Waals surface area contributed by atoms with E-state index in [1.165, 1.54) is 6.07 Å². The molecule has 2 aromatic carbocycles. The summed E-state index contributed by atoms with van der Waals surface area (Å²) in [6, 6.07) is 8.44. The van der Waals surface area contributed by atoms with Gasteiger partial charge in [-0.05, 0) is 54.5 Å². The van der Waals surface area contributed by atoms with Gasteiger partial charge in [0.2, 0.25) is 0 Å². The van der Waals surface area contributed by atoms with Crippen LogP contribution in [0.5, 0.6) is 0 Å². The van der Waals surface area contributed by atoms with Gasteiger partial charge >= 0.3 is 6.18 Å². The lowest BCUT2D eigenvalue weighted by atomic mass is 10.00. The van der Waals surface area contributed by atoms with Crippen LogP contribution in [0.25, 0.3) is 5.57 Å². The molecule has 0 aliphatic carbocycles. The summed E-state index contributed by atoms with van der Waals surface area (Å²) in [4.78, 5) is 0. The van der Waals surface area contributed by atoms with Crippen LogP contribution in [0.4, 0.5) is 13.2 Å². The van der Waals surface area contributed by atoms with Crippen molar-refractivity contribution in [1.29, 1.82) is 0 Å². The largest absolute Gasteiger partial charge is 0.417 e. The van der Waals surface area contributed by atoms with Crippen LogP contribution in [0.3, 0.4) is 0 Å². The van der Waals surface area contributed by atoms with Gasteiger partial charge in [-0.15, -0.1) is 0 Å². The zero-order valence-electron chi connectivity index (χ0n) is 12.7. The van der Waals surface area contributed by atoms with Crippen molar-refractivity contribution in [3.8, 4) is 0 Å². The van der Waals surface area contributed by atoms with E-state index >= 15 is 0 Å². The van der Waals surface area contributed by atoms with Crippen LogP contribution in [0.2, 0.25) is 10.0 Å². The van der Waals surface area contributed by atoms with Gasteiger partial charge in [-0.1, -0.05) is 50.4 Å². The first-order valence-electron chi connectivity index (χ1n) is 6.85. The van der Waals surface area contributed by atoms with Crippen molar-refractivity contribution in [2.75, 3.05) is 0 Å². The fourth-order valence-corrected chi connectivity index (χ4v) is 2.92. The average molecular weight is 453 g/mol. The van der Waals surface area contributed by atoms with E-state index in [9.17, 15) is 18.4 Å². The first-order chi connectivity index (χ1) is 11.6. The maximum Gasteiger partial charge on any atom is 0.417 e. The van der Waals surface area contributed by atoms with E-state index in [2.05, 4.69) is 21.1 Å². The van der Waals surface area contributed by atoms with Crippen molar-refractivity contribution < 1.29 is 18.4 Å². The summed E-state index contributed by atoms with van der Waals surface area (Å²) in [6.45, 7) is 1.77. The number of allylic oxidation sites excluding steroid dienone is 2. The summed E-state index contributed by atoms with van der Waals surface area (Å²) < 4.78 is 41.4. The Bertz CT molecular complexity index is 843. The van der Waals surface area contributed by atoms with Crippen LogP contribution in [-0.4, -0.2) is 17.1 Å². The molecule has 0 aromatic heterocycles. The Kier molecular flexibility index (Phi) is 6.19. The van der Waals surface area contributed by atoms with E-state index in [1.54, 1.807) is 25.1 Å².